The zero-order valence-corrected chi connectivity index (χ0v) is 29.5. The second-order valence-electron chi connectivity index (χ2n) is 13.0. The van der Waals surface area contributed by atoms with E-state index in [2.05, 4.69) is 30.7 Å². The van der Waals surface area contributed by atoms with Gasteiger partial charge in [-0.25, -0.2) is 19.3 Å². The zero-order chi connectivity index (χ0) is 35.0. The van der Waals surface area contributed by atoms with E-state index in [-0.39, 0.29) is 23.3 Å². The summed E-state index contributed by atoms with van der Waals surface area (Å²) >= 11 is 3.27. The number of hydrogen-bond acceptors (Lipinski definition) is 12. The number of ether oxygens (including phenoxy) is 1. The van der Waals surface area contributed by atoms with E-state index in [1.165, 1.54) is 16.1 Å². The molecule has 4 amide bonds. The van der Waals surface area contributed by atoms with Crippen molar-refractivity contribution in [2.75, 3.05) is 32.7 Å². The molecular formula is C31H42N10O6S2. The molecule has 3 aliphatic rings. The zero-order valence-electron chi connectivity index (χ0n) is 27.9. The van der Waals surface area contributed by atoms with Gasteiger partial charge in [0, 0.05) is 63.1 Å². The van der Waals surface area contributed by atoms with Gasteiger partial charge in [-0.05, 0) is 65.6 Å². The summed E-state index contributed by atoms with van der Waals surface area (Å²) in [4.78, 5) is 56.5. The van der Waals surface area contributed by atoms with Crippen LogP contribution in [0.1, 0.15) is 57.9 Å². The number of benzene rings is 1. The smallest absolute Gasteiger partial charge is 0.415 e. The van der Waals surface area contributed by atoms with Gasteiger partial charge in [0.25, 0.3) is 0 Å². The van der Waals surface area contributed by atoms with Gasteiger partial charge in [0.1, 0.15) is 12.1 Å². The van der Waals surface area contributed by atoms with Crippen molar-refractivity contribution in [3.8, 4) is 5.75 Å². The number of H-pyrrole nitrogens is 1. The van der Waals surface area contributed by atoms with Gasteiger partial charge >= 0.3 is 12.2 Å². The van der Waals surface area contributed by atoms with Crippen molar-refractivity contribution in [3.05, 3.63) is 36.2 Å². The highest BCUT2D eigenvalue weighted by atomic mass is 32.2. The Bertz CT molecular complexity index is 1550. The second kappa shape index (κ2) is 16.5. The summed E-state index contributed by atoms with van der Waals surface area (Å²) in [6, 6.07) is 7.24. The van der Waals surface area contributed by atoms with Gasteiger partial charge in [-0.3, -0.25) is 19.6 Å². The Balaban J connectivity index is 0.000000244. The van der Waals surface area contributed by atoms with Crippen LogP contribution in [-0.2, 0) is 23.1 Å². The molecule has 0 radical (unpaired) electrons. The molecule has 0 unspecified atom stereocenters. The minimum absolute atomic E-state index is 0.107. The molecule has 1 aromatic carbocycles. The summed E-state index contributed by atoms with van der Waals surface area (Å²) in [7, 11) is 1.80. The number of aromatic amines is 1. The van der Waals surface area contributed by atoms with E-state index < -0.39 is 6.09 Å². The van der Waals surface area contributed by atoms with Gasteiger partial charge in [0.05, 0.1) is 0 Å². The number of imide groups is 1. The Labute approximate surface area is 292 Å². The lowest BCUT2D eigenvalue weighted by molar-refractivity contribution is -0.152. The standard InChI is InChI=1S/C23H29N5O4S.C8H13N5O2S/c1-23(2)13-19(29)28(20(30)14-23)12-7-16-3-5-17(6-4-16)32-22(31)27-10-8-18(9-11-27)33-21-24-15-25-26-21;1-12-7(9-10-11-12)16-6-2-4-13(5-3-6)8(14)15/h3-6,15,18H,7-14H2,1-2H3,(H,24,25,26);6H,2-5H2,1H3,(H,14,15). The van der Waals surface area contributed by atoms with Crippen LogP contribution in [0.4, 0.5) is 9.59 Å². The number of carboxylic acid groups (broad SMARTS) is 1. The van der Waals surface area contributed by atoms with E-state index in [0.29, 0.717) is 68.2 Å². The molecule has 5 heterocycles. The van der Waals surface area contributed by atoms with Gasteiger partial charge in [-0.1, -0.05) is 49.5 Å². The molecule has 18 heteroatoms. The number of carbonyl (C=O) groups excluding carboxylic acids is 3. The highest BCUT2D eigenvalue weighted by molar-refractivity contribution is 8.00. The van der Waals surface area contributed by atoms with Gasteiger partial charge in [0.15, 0.2) is 5.16 Å². The summed E-state index contributed by atoms with van der Waals surface area (Å²) in [5, 5.41) is 29.1. The molecule has 264 valence electrons. The molecule has 0 spiro atoms. The predicted molar refractivity (Wildman–Crippen MR) is 180 cm³/mol. The van der Waals surface area contributed by atoms with Crippen LogP contribution in [0.25, 0.3) is 0 Å². The van der Waals surface area contributed by atoms with Crippen molar-refractivity contribution in [1.29, 1.82) is 0 Å². The third-order valence-electron chi connectivity index (χ3n) is 8.55. The summed E-state index contributed by atoms with van der Waals surface area (Å²) in [6.07, 6.45) is 5.10. The van der Waals surface area contributed by atoms with Crippen LogP contribution in [0.2, 0.25) is 0 Å². The molecule has 2 aromatic heterocycles. The lowest BCUT2D eigenvalue weighted by Gasteiger charge is -2.34. The minimum atomic E-state index is -0.830. The number of tetrazole rings is 1. The van der Waals surface area contributed by atoms with Crippen LogP contribution in [-0.4, -0.2) is 122 Å². The number of hydrogen-bond donors (Lipinski definition) is 2. The van der Waals surface area contributed by atoms with Crippen molar-refractivity contribution in [2.45, 2.75) is 79.6 Å². The third-order valence-corrected chi connectivity index (χ3v) is 11.1. The van der Waals surface area contributed by atoms with E-state index in [9.17, 15) is 19.2 Å². The van der Waals surface area contributed by atoms with Gasteiger partial charge in [-0.2, -0.15) is 5.10 Å². The summed E-state index contributed by atoms with van der Waals surface area (Å²) in [6.45, 7) is 6.72. The first-order chi connectivity index (χ1) is 23.5. The Morgan fingerprint density at radius 2 is 1.57 bits per heavy atom. The van der Waals surface area contributed by atoms with Gasteiger partial charge in [-0.15, -0.1) is 5.10 Å². The average Bonchev–Trinajstić information content (AvgIpc) is 3.73. The van der Waals surface area contributed by atoms with Gasteiger partial charge < -0.3 is 19.6 Å². The molecule has 0 bridgehead atoms. The summed E-state index contributed by atoms with van der Waals surface area (Å²) in [5.74, 6) is 0.267. The Morgan fingerprint density at radius 3 is 2.12 bits per heavy atom. The minimum Gasteiger partial charge on any atom is -0.465 e. The normalized spacial score (nSPS) is 18.6. The molecule has 16 nitrogen and oxygen atoms in total. The Morgan fingerprint density at radius 1 is 0.959 bits per heavy atom. The Hall–Kier alpha value is -4.19. The van der Waals surface area contributed by atoms with Crippen LogP contribution in [0.5, 0.6) is 5.75 Å². The number of nitrogens with one attached hydrogen (secondary N) is 1. The number of carbonyl (C=O) groups is 4. The molecule has 0 saturated carbocycles. The first-order valence-corrected chi connectivity index (χ1v) is 18.0. The third kappa shape index (κ3) is 10.4. The molecule has 3 aromatic rings. The Kier molecular flexibility index (Phi) is 12.1. The maximum Gasteiger partial charge on any atom is 0.415 e. The average molecular weight is 715 g/mol. The molecule has 3 aliphatic heterocycles. The monoisotopic (exact) mass is 714 g/mol. The number of nitrogens with zero attached hydrogens (tertiary/aromatic N) is 9. The SMILES string of the molecule is CC1(C)CC(=O)N(CCc2ccc(OC(=O)N3CCC(Sc4ncn[nH]4)CC3)cc2)C(=O)C1.Cn1nnnc1SC1CCN(C(=O)O)CC1. The maximum atomic E-state index is 12.5. The fourth-order valence-corrected chi connectivity index (χ4v) is 7.78. The maximum absolute atomic E-state index is 12.5. The van der Waals surface area contributed by atoms with E-state index in [1.807, 2.05) is 26.0 Å². The molecular weight excluding hydrogens is 673 g/mol. The van der Waals surface area contributed by atoms with Crippen LogP contribution in [0, 0.1) is 5.41 Å². The number of piperidine rings is 3. The number of thioether (sulfide) groups is 2. The molecule has 3 saturated heterocycles. The number of amides is 4. The van der Waals surface area contributed by atoms with E-state index in [4.69, 9.17) is 9.84 Å². The predicted octanol–water partition coefficient (Wildman–Crippen LogP) is 3.72. The van der Waals surface area contributed by atoms with Crippen LogP contribution < -0.4 is 4.74 Å². The summed E-state index contributed by atoms with van der Waals surface area (Å²) < 4.78 is 7.17. The fourth-order valence-electron chi connectivity index (χ4n) is 5.79. The van der Waals surface area contributed by atoms with Crippen LogP contribution >= 0.6 is 23.5 Å². The van der Waals surface area contributed by atoms with Crippen molar-refractivity contribution in [3.63, 3.8) is 0 Å². The van der Waals surface area contributed by atoms with Crippen LogP contribution in [0.3, 0.4) is 0 Å². The largest absolute Gasteiger partial charge is 0.465 e. The number of rotatable bonds is 8. The van der Waals surface area contributed by atoms with E-state index >= 15 is 0 Å². The van der Waals surface area contributed by atoms with E-state index in [0.717, 1.165) is 41.6 Å². The highest BCUT2D eigenvalue weighted by Crippen LogP contribution is 2.32. The first kappa shape index (κ1) is 36.1. The van der Waals surface area contributed by atoms with E-state index in [1.54, 1.807) is 52.3 Å². The van der Waals surface area contributed by atoms with Crippen molar-refractivity contribution in [1.82, 2.24) is 50.1 Å². The summed E-state index contributed by atoms with van der Waals surface area (Å²) in [5.41, 5.74) is 0.715. The van der Waals surface area contributed by atoms with Crippen molar-refractivity contribution in [2.24, 2.45) is 12.5 Å². The van der Waals surface area contributed by atoms with Crippen molar-refractivity contribution < 1.29 is 29.0 Å². The molecule has 0 atom stereocenters. The van der Waals surface area contributed by atoms with Crippen LogP contribution in [0.15, 0.2) is 40.9 Å². The molecule has 3 fully saturated rings. The lowest BCUT2D eigenvalue weighted by Crippen LogP contribution is -2.46. The molecule has 0 aliphatic carbocycles. The first-order valence-electron chi connectivity index (χ1n) is 16.2. The fraction of sp³-hybridized carbons (Fsp3) is 0.581. The molecule has 49 heavy (non-hydrogen) atoms. The highest BCUT2D eigenvalue weighted by Gasteiger charge is 2.37. The van der Waals surface area contributed by atoms with Crippen molar-refractivity contribution >= 4 is 47.5 Å². The number of aromatic nitrogens is 7. The lowest BCUT2D eigenvalue weighted by atomic mass is 9.81. The van der Waals surface area contributed by atoms with Gasteiger partial charge in [0.2, 0.25) is 17.0 Å². The topological polar surface area (TPSA) is 193 Å². The molecule has 6 rings (SSSR count). The number of likely N-dealkylation sites (tertiary alicyclic amines) is 3. The second-order valence-corrected chi connectivity index (χ2v) is 15.5. The quantitative estimate of drug-likeness (QED) is 0.321. The molecule has 2 N–H and O–H groups in total. The number of aryl methyl sites for hydroxylation is 1.